The van der Waals surface area contributed by atoms with Gasteiger partial charge in [0.15, 0.2) is 11.5 Å². The molecule has 21 heavy (non-hydrogen) atoms. The molecule has 0 spiro atoms. The van der Waals surface area contributed by atoms with Crippen LogP contribution in [0.5, 0.6) is 11.5 Å². The lowest BCUT2D eigenvalue weighted by Crippen LogP contribution is -2.18. The molecule has 1 aliphatic rings. The summed E-state index contributed by atoms with van der Waals surface area (Å²) in [4.78, 5) is 9.30. The zero-order valence-corrected chi connectivity index (χ0v) is 11.9. The van der Waals surface area contributed by atoms with E-state index in [0.29, 0.717) is 24.8 Å². The molecule has 0 saturated carbocycles. The smallest absolute Gasteiger partial charge is 0.201 e. The van der Waals surface area contributed by atoms with Gasteiger partial charge in [0.05, 0.1) is 0 Å². The Kier molecular flexibility index (Phi) is 3.72. The van der Waals surface area contributed by atoms with E-state index in [4.69, 9.17) is 14.3 Å². The average Bonchev–Trinajstić information content (AvgIpc) is 3.01. The summed E-state index contributed by atoms with van der Waals surface area (Å²) >= 11 is 0. The minimum Gasteiger partial charge on any atom is -0.486 e. The molecule has 1 aromatic carbocycles. The maximum atomic E-state index is 5.59. The average molecular weight is 288 g/mol. The number of hydrogen-bond acceptors (Lipinski definition) is 6. The molecule has 7 heteroatoms. The Bertz CT molecular complexity index is 638. The van der Waals surface area contributed by atoms with Crippen molar-refractivity contribution in [2.45, 2.75) is 20.0 Å². The predicted molar refractivity (Wildman–Crippen MR) is 75.6 cm³/mol. The van der Waals surface area contributed by atoms with Crippen LogP contribution in [0.1, 0.15) is 19.4 Å². The first-order valence-electron chi connectivity index (χ1n) is 6.73. The molecule has 0 saturated heterocycles. The van der Waals surface area contributed by atoms with Crippen LogP contribution in [-0.2, 0) is 4.84 Å². The van der Waals surface area contributed by atoms with Crippen LogP contribution in [0.2, 0.25) is 0 Å². The van der Waals surface area contributed by atoms with Gasteiger partial charge in [-0.25, -0.2) is 4.98 Å². The van der Waals surface area contributed by atoms with Gasteiger partial charge in [-0.3, -0.25) is 0 Å². The number of nitrogens with zero attached hydrogens (tertiary/aromatic N) is 4. The molecule has 0 bridgehead atoms. The van der Waals surface area contributed by atoms with Gasteiger partial charge in [0, 0.05) is 5.56 Å². The number of rotatable bonds is 3. The van der Waals surface area contributed by atoms with Gasteiger partial charge in [-0.2, -0.15) is 9.78 Å². The summed E-state index contributed by atoms with van der Waals surface area (Å²) in [5, 5.41) is 8.27. The Labute approximate surface area is 122 Å². The van der Waals surface area contributed by atoms with Gasteiger partial charge in [-0.1, -0.05) is 5.16 Å². The molecule has 0 radical (unpaired) electrons. The summed E-state index contributed by atoms with van der Waals surface area (Å²) in [5.74, 6) is 1.96. The molecule has 110 valence electrons. The Morgan fingerprint density at radius 3 is 2.81 bits per heavy atom. The van der Waals surface area contributed by atoms with Crippen LogP contribution >= 0.6 is 0 Å². The van der Waals surface area contributed by atoms with Crippen molar-refractivity contribution >= 4 is 5.84 Å². The van der Waals surface area contributed by atoms with E-state index in [-0.39, 0.29) is 6.10 Å². The number of aromatic nitrogens is 3. The van der Waals surface area contributed by atoms with Gasteiger partial charge in [0.2, 0.25) is 5.84 Å². The SMILES string of the molecule is CC(C)O/N=C(/c1ccc2c(c1)OCCO2)n1cncn1. The normalized spacial score (nSPS) is 14.3. The predicted octanol–water partition coefficient (Wildman–Crippen LogP) is 1.68. The fourth-order valence-electron chi connectivity index (χ4n) is 1.88. The van der Waals surface area contributed by atoms with Crippen LogP contribution in [0.4, 0.5) is 0 Å². The van der Waals surface area contributed by atoms with E-state index in [2.05, 4.69) is 15.2 Å². The van der Waals surface area contributed by atoms with E-state index in [1.165, 1.54) is 6.33 Å². The molecular weight excluding hydrogens is 272 g/mol. The van der Waals surface area contributed by atoms with Crippen molar-refractivity contribution in [2.24, 2.45) is 5.16 Å². The van der Waals surface area contributed by atoms with Crippen molar-refractivity contribution in [2.75, 3.05) is 13.2 Å². The van der Waals surface area contributed by atoms with Gasteiger partial charge in [0.25, 0.3) is 0 Å². The highest BCUT2D eigenvalue weighted by atomic mass is 16.6. The molecule has 0 atom stereocenters. The van der Waals surface area contributed by atoms with Gasteiger partial charge in [-0.15, -0.1) is 0 Å². The Morgan fingerprint density at radius 2 is 2.10 bits per heavy atom. The van der Waals surface area contributed by atoms with E-state index >= 15 is 0 Å². The lowest BCUT2D eigenvalue weighted by Gasteiger charge is -2.19. The highest BCUT2D eigenvalue weighted by molar-refractivity contribution is 5.99. The van der Waals surface area contributed by atoms with Gasteiger partial charge < -0.3 is 14.3 Å². The Balaban J connectivity index is 1.98. The van der Waals surface area contributed by atoms with Crippen molar-refractivity contribution < 1.29 is 14.3 Å². The van der Waals surface area contributed by atoms with Crippen LogP contribution in [-0.4, -0.2) is 39.9 Å². The third-order valence-electron chi connectivity index (χ3n) is 2.79. The van der Waals surface area contributed by atoms with Crippen molar-refractivity contribution in [3.63, 3.8) is 0 Å². The molecule has 0 aliphatic carbocycles. The van der Waals surface area contributed by atoms with Crippen LogP contribution in [0, 0.1) is 0 Å². The zero-order valence-electron chi connectivity index (χ0n) is 11.9. The van der Waals surface area contributed by atoms with E-state index in [1.54, 1.807) is 11.0 Å². The number of benzene rings is 1. The van der Waals surface area contributed by atoms with Crippen LogP contribution in [0.25, 0.3) is 0 Å². The van der Waals surface area contributed by atoms with Crippen molar-refractivity contribution in [3.05, 3.63) is 36.4 Å². The highest BCUT2D eigenvalue weighted by Crippen LogP contribution is 2.31. The summed E-state index contributed by atoms with van der Waals surface area (Å²) in [6.45, 7) is 4.92. The molecule has 0 N–H and O–H groups in total. The van der Waals surface area contributed by atoms with Crippen LogP contribution < -0.4 is 9.47 Å². The van der Waals surface area contributed by atoms with E-state index in [1.807, 2.05) is 32.0 Å². The zero-order chi connectivity index (χ0) is 14.7. The maximum Gasteiger partial charge on any atom is 0.201 e. The molecule has 1 aromatic heterocycles. The molecule has 1 aliphatic heterocycles. The number of oxime groups is 1. The van der Waals surface area contributed by atoms with Gasteiger partial charge >= 0.3 is 0 Å². The van der Waals surface area contributed by atoms with Crippen LogP contribution in [0.3, 0.4) is 0 Å². The first kappa shape index (κ1) is 13.4. The number of fused-ring (bicyclic) bond motifs is 1. The standard InChI is InChI=1S/C14H16N4O3/c1-10(2)21-17-14(18-9-15-8-16-18)11-3-4-12-13(7-11)20-6-5-19-12/h3-4,7-10H,5-6H2,1-2H3/b17-14-. The van der Waals surface area contributed by atoms with E-state index in [9.17, 15) is 0 Å². The van der Waals surface area contributed by atoms with Crippen molar-refractivity contribution in [3.8, 4) is 11.5 Å². The second kappa shape index (κ2) is 5.82. The lowest BCUT2D eigenvalue weighted by atomic mass is 10.2. The fraction of sp³-hybridized carbons (Fsp3) is 0.357. The minimum atomic E-state index is -0.0271. The molecule has 0 unspecified atom stereocenters. The van der Waals surface area contributed by atoms with Gasteiger partial charge in [0.1, 0.15) is 32.0 Å². The molecule has 0 amide bonds. The lowest BCUT2D eigenvalue weighted by molar-refractivity contribution is 0.0851. The summed E-state index contributed by atoms with van der Waals surface area (Å²) in [7, 11) is 0. The number of ether oxygens (including phenoxy) is 2. The topological polar surface area (TPSA) is 70.8 Å². The van der Waals surface area contributed by atoms with E-state index in [0.717, 1.165) is 11.3 Å². The number of hydrogen-bond donors (Lipinski definition) is 0. The summed E-state index contributed by atoms with van der Waals surface area (Å²) < 4.78 is 12.7. The summed E-state index contributed by atoms with van der Waals surface area (Å²) in [5.41, 5.74) is 0.811. The molecule has 2 heterocycles. The summed E-state index contributed by atoms with van der Waals surface area (Å²) in [6, 6.07) is 5.60. The molecule has 3 rings (SSSR count). The van der Waals surface area contributed by atoms with Crippen molar-refractivity contribution in [1.82, 2.24) is 14.8 Å². The minimum absolute atomic E-state index is 0.0271. The first-order chi connectivity index (χ1) is 10.2. The largest absolute Gasteiger partial charge is 0.486 e. The Morgan fingerprint density at radius 1 is 1.29 bits per heavy atom. The third kappa shape index (κ3) is 2.96. The van der Waals surface area contributed by atoms with Crippen LogP contribution in [0.15, 0.2) is 36.0 Å². The Hall–Kier alpha value is -2.57. The highest BCUT2D eigenvalue weighted by Gasteiger charge is 2.16. The molecular formula is C14H16N4O3. The van der Waals surface area contributed by atoms with Gasteiger partial charge in [-0.05, 0) is 32.0 Å². The summed E-state index contributed by atoms with van der Waals surface area (Å²) in [6.07, 6.45) is 2.99. The fourth-order valence-corrected chi connectivity index (χ4v) is 1.88. The second-order valence-corrected chi connectivity index (χ2v) is 4.77. The molecule has 2 aromatic rings. The van der Waals surface area contributed by atoms with Crippen molar-refractivity contribution in [1.29, 1.82) is 0 Å². The second-order valence-electron chi connectivity index (χ2n) is 4.77. The molecule has 0 fully saturated rings. The quantitative estimate of drug-likeness (QED) is 0.488. The monoisotopic (exact) mass is 288 g/mol. The third-order valence-corrected chi connectivity index (χ3v) is 2.79. The van der Waals surface area contributed by atoms with E-state index < -0.39 is 0 Å². The maximum absolute atomic E-state index is 5.59. The first-order valence-corrected chi connectivity index (χ1v) is 6.73. The molecule has 7 nitrogen and oxygen atoms in total.